The molecule has 0 aliphatic carbocycles. The van der Waals surface area contributed by atoms with E-state index in [1.807, 2.05) is 0 Å². The van der Waals surface area contributed by atoms with E-state index < -0.39 is 5.82 Å². The Morgan fingerprint density at radius 2 is 2.27 bits per heavy atom. The van der Waals surface area contributed by atoms with Crippen LogP contribution in [-0.2, 0) is 0 Å². The lowest BCUT2D eigenvalue weighted by atomic mass is 10.3. The van der Waals surface area contributed by atoms with E-state index in [0.717, 1.165) is 0 Å². The van der Waals surface area contributed by atoms with Crippen molar-refractivity contribution in [3.63, 3.8) is 0 Å². The van der Waals surface area contributed by atoms with E-state index >= 15 is 0 Å². The minimum atomic E-state index is -0.549. The number of anilines is 1. The van der Waals surface area contributed by atoms with Gasteiger partial charge in [-0.15, -0.1) is 0 Å². The molecule has 0 fully saturated rings. The molecular formula is C7H8FNO2. The molecule has 0 saturated carbocycles. The van der Waals surface area contributed by atoms with Gasteiger partial charge in [-0.1, -0.05) is 0 Å². The summed E-state index contributed by atoms with van der Waals surface area (Å²) in [5.41, 5.74) is 1.75. The standard InChI is InChI=1S/C7H8FNO2/c1-11-5-2-3-7(9-10)6(8)4-5/h2-4,9-10H,1H3. The lowest BCUT2D eigenvalue weighted by molar-refractivity contribution is 0.382. The molecule has 0 saturated heterocycles. The number of hydrogen-bond donors (Lipinski definition) is 2. The molecule has 0 bridgehead atoms. The molecule has 11 heavy (non-hydrogen) atoms. The third-order valence-electron chi connectivity index (χ3n) is 1.30. The first kappa shape index (κ1) is 7.81. The summed E-state index contributed by atoms with van der Waals surface area (Å²) >= 11 is 0. The molecule has 0 aliphatic heterocycles. The van der Waals surface area contributed by atoms with Gasteiger partial charge in [-0.3, -0.25) is 10.7 Å². The van der Waals surface area contributed by atoms with Gasteiger partial charge in [0.15, 0.2) is 5.82 Å². The Hall–Kier alpha value is -1.29. The van der Waals surface area contributed by atoms with Gasteiger partial charge in [-0.05, 0) is 12.1 Å². The zero-order chi connectivity index (χ0) is 8.27. The second-order valence-electron chi connectivity index (χ2n) is 1.96. The zero-order valence-corrected chi connectivity index (χ0v) is 5.97. The van der Waals surface area contributed by atoms with E-state index in [1.54, 1.807) is 11.5 Å². The highest BCUT2D eigenvalue weighted by atomic mass is 19.1. The summed E-state index contributed by atoms with van der Waals surface area (Å²) in [5, 5.41) is 8.35. The Balaban J connectivity index is 2.99. The van der Waals surface area contributed by atoms with Crippen molar-refractivity contribution in [3.05, 3.63) is 24.0 Å². The normalized spacial score (nSPS) is 9.36. The van der Waals surface area contributed by atoms with Crippen molar-refractivity contribution in [1.29, 1.82) is 0 Å². The van der Waals surface area contributed by atoms with E-state index in [0.29, 0.717) is 5.75 Å². The largest absolute Gasteiger partial charge is 0.497 e. The number of methoxy groups -OCH3 is 1. The van der Waals surface area contributed by atoms with Gasteiger partial charge < -0.3 is 4.74 Å². The summed E-state index contributed by atoms with van der Waals surface area (Å²) in [6.45, 7) is 0. The Morgan fingerprint density at radius 3 is 2.73 bits per heavy atom. The minimum Gasteiger partial charge on any atom is -0.497 e. The molecule has 1 rings (SSSR count). The van der Waals surface area contributed by atoms with Crippen molar-refractivity contribution in [2.45, 2.75) is 0 Å². The van der Waals surface area contributed by atoms with Crippen molar-refractivity contribution in [2.24, 2.45) is 0 Å². The predicted molar refractivity (Wildman–Crippen MR) is 38.4 cm³/mol. The molecule has 0 amide bonds. The van der Waals surface area contributed by atoms with Gasteiger partial charge in [0, 0.05) is 6.07 Å². The van der Waals surface area contributed by atoms with Crippen LogP contribution in [0.25, 0.3) is 0 Å². The molecule has 1 aromatic rings. The summed E-state index contributed by atoms with van der Waals surface area (Å²) in [6, 6.07) is 4.11. The first-order valence-corrected chi connectivity index (χ1v) is 3.01. The number of ether oxygens (including phenoxy) is 1. The number of nitrogens with one attached hydrogen (secondary N) is 1. The fourth-order valence-corrected chi connectivity index (χ4v) is 0.713. The van der Waals surface area contributed by atoms with Gasteiger partial charge in [0.05, 0.1) is 12.8 Å². The molecule has 0 aromatic heterocycles. The fourth-order valence-electron chi connectivity index (χ4n) is 0.713. The number of halogens is 1. The molecule has 2 N–H and O–H groups in total. The Kier molecular flexibility index (Phi) is 2.28. The smallest absolute Gasteiger partial charge is 0.152 e. The van der Waals surface area contributed by atoms with Gasteiger partial charge in [0.2, 0.25) is 0 Å². The second kappa shape index (κ2) is 3.21. The molecule has 3 nitrogen and oxygen atoms in total. The number of hydrogen-bond acceptors (Lipinski definition) is 3. The van der Waals surface area contributed by atoms with E-state index in [4.69, 9.17) is 9.94 Å². The van der Waals surface area contributed by atoms with Crippen LogP contribution in [0.2, 0.25) is 0 Å². The van der Waals surface area contributed by atoms with Crippen LogP contribution in [0.15, 0.2) is 18.2 Å². The molecule has 0 heterocycles. The van der Waals surface area contributed by atoms with Crippen LogP contribution in [0.5, 0.6) is 5.75 Å². The zero-order valence-electron chi connectivity index (χ0n) is 5.97. The van der Waals surface area contributed by atoms with E-state index in [1.165, 1.54) is 19.2 Å². The highest BCUT2D eigenvalue weighted by Crippen LogP contribution is 2.19. The fraction of sp³-hybridized carbons (Fsp3) is 0.143. The maximum Gasteiger partial charge on any atom is 0.152 e. The van der Waals surface area contributed by atoms with Gasteiger partial charge >= 0.3 is 0 Å². The molecule has 0 aliphatic rings. The van der Waals surface area contributed by atoms with Crippen molar-refractivity contribution in [3.8, 4) is 5.75 Å². The second-order valence-corrected chi connectivity index (χ2v) is 1.96. The van der Waals surface area contributed by atoms with Crippen LogP contribution in [0.3, 0.4) is 0 Å². The number of benzene rings is 1. The summed E-state index contributed by atoms with van der Waals surface area (Å²) in [4.78, 5) is 0. The summed E-state index contributed by atoms with van der Waals surface area (Å²) in [5.74, 6) is -0.131. The first-order valence-electron chi connectivity index (χ1n) is 3.01. The summed E-state index contributed by atoms with van der Waals surface area (Å²) in [6.07, 6.45) is 0. The number of rotatable bonds is 2. The monoisotopic (exact) mass is 157 g/mol. The quantitative estimate of drug-likeness (QED) is 0.641. The molecule has 0 radical (unpaired) electrons. The Morgan fingerprint density at radius 1 is 1.55 bits per heavy atom. The van der Waals surface area contributed by atoms with Crippen LogP contribution >= 0.6 is 0 Å². The van der Waals surface area contributed by atoms with Crippen LogP contribution < -0.4 is 10.2 Å². The average Bonchev–Trinajstić information content (AvgIpc) is 2.04. The third kappa shape index (κ3) is 1.59. The maximum absolute atomic E-state index is 12.7. The first-order chi connectivity index (χ1) is 5.27. The van der Waals surface area contributed by atoms with Crippen molar-refractivity contribution >= 4 is 5.69 Å². The van der Waals surface area contributed by atoms with Gasteiger partial charge in [0.1, 0.15) is 5.75 Å². The Bertz CT molecular complexity index is 252. The minimum absolute atomic E-state index is 0.0331. The molecule has 0 spiro atoms. The Labute approximate surface area is 63.4 Å². The average molecular weight is 157 g/mol. The lowest BCUT2D eigenvalue weighted by Crippen LogP contribution is -1.93. The van der Waals surface area contributed by atoms with Crippen LogP contribution in [0, 0.1) is 5.82 Å². The summed E-state index contributed by atoms with van der Waals surface area (Å²) in [7, 11) is 1.45. The molecular weight excluding hydrogens is 149 g/mol. The van der Waals surface area contributed by atoms with E-state index in [-0.39, 0.29) is 5.69 Å². The molecule has 1 aromatic carbocycles. The summed E-state index contributed by atoms with van der Waals surface area (Å²) < 4.78 is 17.5. The van der Waals surface area contributed by atoms with Crippen molar-refractivity contribution in [2.75, 3.05) is 12.6 Å². The predicted octanol–water partition coefficient (Wildman–Crippen LogP) is 1.64. The van der Waals surface area contributed by atoms with Crippen molar-refractivity contribution < 1.29 is 14.3 Å². The SMILES string of the molecule is COc1ccc(NO)c(F)c1. The lowest BCUT2D eigenvalue weighted by Gasteiger charge is -2.02. The van der Waals surface area contributed by atoms with E-state index in [2.05, 4.69) is 0 Å². The molecule has 4 heteroatoms. The van der Waals surface area contributed by atoms with Crippen LogP contribution in [-0.4, -0.2) is 12.3 Å². The highest BCUT2D eigenvalue weighted by Gasteiger charge is 2.00. The third-order valence-corrected chi connectivity index (χ3v) is 1.30. The van der Waals surface area contributed by atoms with Gasteiger partial charge in [-0.25, -0.2) is 4.39 Å². The van der Waals surface area contributed by atoms with Gasteiger partial charge in [0.25, 0.3) is 0 Å². The topological polar surface area (TPSA) is 41.5 Å². The van der Waals surface area contributed by atoms with E-state index in [9.17, 15) is 4.39 Å². The van der Waals surface area contributed by atoms with Gasteiger partial charge in [-0.2, -0.15) is 0 Å². The molecule has 60 valence electrons. The van der Waals surface area contributed by atoms with Crippen molar-refractivity contribution in [1.82, 2.24) is 0 Å². The van der Waals surface area contributed by atoms with Crippen LogP contribution in [0.1, 0.15) is 0 Å². The molecule has 0 atom stereocenters. The molecule has 0 unspecified atom stereocenters. The van der Waals surface area contributed by atoms with Crippen LogP contribution in [0.4, 0.5) is 10.1 Å². The maximum atomic E-state index is 12.7. The highest BCUT2D eigenvalue weighted by molar-refractivity contribution is 5.45.